The molecule has 14 heavy (non-hydrogen) atoms. The molecule has 0 radical (unpaired) electrons. The third kappa shape index (κ3) is 8.85. The number of hydrogen-bond acceptors (Lipinski definition) is 3. The van der Waals surface area contributed by atoms with Crippen molar-refractivity contribution in [3.63, 3.8) is 0 Å². The highest BCUT2D eigenvalue weighted by Gasteiger charge is 2.01. The van der Waals surface area contributed by atoms with Crippen LogP contribution in [0.1, 0.15) is 33.1 Å². The molecule has 0 unspecified atom stereocenters. The molecule has 0 saturated heterocycles. The molecule has 0 fully saturated rings. The van der Waals surface area contributed by atoms with E-state index in [2.05, 4.69) is 19.2 Å². The van der Waals surface area contributed by atoms with Crippen LogP contribution in [-0.4, -0.2) is 36.3 Å². The van der Waals surface area contributed by atoms with Gasteiger partial charge in [0.05, 0.1) is 0 Å². The van der Waals surface area contributed by atoms with Crippen LogP contribution in [-0.2, 0) is 0 Å². The van der Waals surface area contributed by atoms with Gasteiger partial charge in [-0.25, -0.2) is 0 Å². The molecule has 0 rings (SSSR count). The minimum absolute atomic E-state index is 0.328. The monoisotopic (exact) mass is 219 g/mol. The van der Waals surface area contributed by atoms with E-state index in [-0.39, 0.29) is 0 Å². The number of hydrogen-bond donors (Lipinski definition) is 2. The maximum Gasteiger partial charge on any atom is 0.0438 e. The summed E-state index contributed by atoms with van der Waals surface area (Å²) < 4.78 is 0. The van der Waals surface area contributed by atoms with Crippen molar-refractivity contribution in [2.24, 2.45) is 5.92 Å². The third-order valence-electron chi connectivity index (χ3n) is 2.46. The fourth-order valence-corrected chi connectivity index (χ4v) is 2.12. The van der Waals surface area contributed by atoms with Crippen LogP contribution in [0.4, 0.5) is 0 Å². The van der Waals surface area contributed by atoms with Crippen LogP contribution in [0.2, 0.25) is 0 Å². The van der Waals surface area contributed by atoms with E-state index in [0.29, 0.717) is 6.61 Å². The lowest BCUT2D eigenvalue weighted by atomic mass is 10.0. The Morgan fingerprint density at radius 1 is 1.21 bits per heavy atom. The fourth-order valence-electron chi connectivity index (χ4n) is 1.30. The van der Waals surface area contributed by atoms with Gasteiger partial charge < -0.3 is 10.4 Å². The maximum absolute atomic E-state index is 8.58. The van der Waals surface area contributed by atoms with Gasteiger partial charge in [-0.1, -0.05) is 26.7 Å². The van der Waals surface area contributed by atoms with E-state index in [9.17, 15) is 0 Å². The van der Waals surface area contributed by atoms with Crippen molar-refractivity contribution in [3.8, 4) is 0 Å². The topological polar surface area (TPSA) is 32.3 Å². The predicted octanol–water partition coefficient (Wildman–Crippen LogP) is 2.13. The summed E-state index contributed by atoms with van der Waals surface area (Å²) in [6.07, 6.45) is 3.49. The molecule has 86 valence electrons. The third-order valence-corrected chi connectivity index (χ3v) is 3.53. The van der Waals surface area contributed by atoms with Gasteiger partial charge in [0.25, 0.3) is 0 Å². The second-order valence-electron chi connectivity index (χ2n) is 3.58. The summed E-state index contributed by atoms with van der Waals surface area (Å²) in [5, 5.41) is 12.1. The number of aliphatic hydroxyl groups excluding tert-OH is 1. The standard InChI is InChI=1S/C11H25NOS/c1-3-11(4-2)10-12-6-9-14-8-5-7-13/h11-13H,3-10H2,1-2H3. The van der Waals surface area contributed by atoms with E-state index in [4.69, 9.17) is 5.11 Å². The van der Waals surface area contributed by atoms with Crippen molar-refractivity contribution >= 4 is 11.8 Å². The fraction of sp³-hybridized carbons (Fsp3) is 1.00. The van der Waals surface area contributed by atoms with Crippen LogP contribution in [0.25, 0.3) is 0 Å². The summed E-state index contributed by atoms with van der Waals surface area (Å²) in [4.78, 5) is 0. The molecular weight excluding hydrogens is 194 g/mol. The molecule has 0 aliphatic carbocycles. The molecule has 0 aliphatic heterocycles. The van der Waals surface area contributed by atoms with Gasteiger partial charge in [-0.2, -0.15) is 11.8 Å². The average Bonchev–Trinajstić information content (AvgIpc) is 2.22. The molecule has 0 saturated carbocycles. The molecule has 0 aliphatic rings. The lowest BCUT2D eigenvalue weighted by molar-refractivity contribution is 0.296. The lowest BCUT2D eigenvalue weighted by Gasteiger charge is -2.12. The van der Waals surface area contributed by atoms with Gasteiger partial charge in [0.15, 0.2) is 0 Å². The van der Waals surface area contributed by atoms with Gasteiger partial charge >= 0.3 is 0 Å². The number of nitrogens with one attached hydrogen (secondary N) is 1. The first-order valence-corrected chi connectivity index (χ1v) is 6.89. The first kappa shape index (κ1) is 14.3. The van der Waals surface area contributed by atoms with E-state index < -0.39 is 0 Å². The first-order valence-electron chi connectivity index (χ1n) is 5.74. The molecule has 0 atom stereocenters. The van der Waals surface area contributed by atoms with Gasteiger partial charge in [-0.3, -0.25) is 0 Å². The Kier molecular flexibility index (Phi) is 11.6. The lowest BCUT2D eigenvalue weighted by Crippen LogP contribution is -2.24. The second-order valence-corrected chi connectivity index (χ2v) is 4.80. The molecule has 2 nitrogen and oxygen atoms in total. The normalized spacial score (nSPS) is 11.1. The molecule has 3 heteroatoms. The molecule has 0 bridgehead atoms. The quantitative estimate of drug-likeness (QED) is 0.552. The first-order chi connectivity index (χ1) is 6.85. The number of rotatable bonds is 10. The number of aliphatic hydroxyl groups is 1. The smallest absolute Gasteiger partial charge is 0.0438 e. The minimum atomic E-state index is 0.328. The highest BCUT2D eigenvalue weighted by atomic mass is 32.2. The van der Waals surface area contributed by atoms with Crippen LogP contribution in [0, 0.1) is 5.92 Å². The molecule has 2 N–H and O–H groups in total. The molecular formula is C11H25NOS. The Morgan fingerprint density at radius 2 is 1.93 bits per heavy atom. The minimum Gasteiger partial charge on any atom is -0.396 e. The Labute approximate surface area is 92.9 Å². The Bertz CT molecular complexity index is 107. The summed E-state index contributed by atoms with van der Waals surface area (Å²) in [6, 6.07) is 0. The summed E-state index contributed by atoms with van der Waals surface area (Å²) in [7, 11) is 0. The van der Waals surface area contributed by atoms with Crippen molar-refractivity contribution in [2.75, 3.05) is 31.2 Å². The van der Waals surface area contributed by atoms with Crippen LogP contribution >= 0.6 is 11.8 Å². The van der Waals surface area contributed by atoms with E-state index in [1.165, 1.54) is 18.6 Å². The number of thioether (sulfide) groups is 1. The Balaban J connectivity index is 3.04. The summed E-state index contributed by atoms with van der Waals surface area (Å²) in [6.45, 7) is 7.10. The average molecular weight is 219 g/mol. The van der Waals surface area contributed by atoms with Crippen molar-refractivity contribution in [1.29, 1.82) is 0 Å². The zero-order valence-electron chi connectivity index (χ0n) is 9.59. The molecule has 0 heterocycles. The van der Waals surface area contributed by atoms with Crippen molar-refractivity contribution in [1.82, 2.24) is 5.32 Å². The highest BCUT2D eigenvalue weighted by Crippen LogP contribution is 2.05. The summed E-state index contributed by atoms with van der Waals surface area (Å²) >= 11 is 1.92. The molecule has 0 spiro atoms. The van der Waals surface area contributed by atoms with Gasteiger partial charge in [0, 0.05) is 18.9 Å². The summed E-state index contributed by atoms with van der Waals surface area (Å²) in [5.74, 6) is 3.10. The molecule has 0 aromatic carbocycles. The van der Waals surface area contributed by atoms with Crippen LogP contribution in [0.15, 0.2) is 0 Å². The highest BCUT2D eigenvalue weighted by molar-refractivity contribution is 7.99. The Hall–Kier alpha value is 0.270. The molecule has 0 amide bonds. The Morgan fingerprint density at radius 3 is 2.50 bits per heavy atom. The summed E-state index contributed by atoms with van der Waals surface area (Å²) in [5.41, 5.74) is 0. The van der Waals surface area contributed by atoms with E-state index in [0.717, 1.165) is 31.2 Å². The SMILES string of the molecule is CCC(CC)CNCCSCCCO. The van der Waals surface area contributed by atoms with Gasteiger partial charge in [-0.05, 0) is 24.6 Å². The van der Waals surface area contributed by atoms with E-state index in [1.54, 1.807) is 0 Å². The molecule has 0 aromatic heterocycles. The van der Waals surface area contributed by atoms with Gasteiger partial charge in [-0.15, -0.1) is 0 Å². The van der Waals surface area contributed by atoms with Crippen LogP contribution < -0.4 is 5.32 Å². The van der Waals surface area contributed by atoms with Crippen LogP contribution in [0.3, 0.4) is 0 Å². The van der Waals surface area contributed by atoms with Gasteiger partial charge in [0.1, 0.15) is 0 Å². The zero-order chi connectivity index (χ0) is 10.6. The maximum atomic E-state index is 8.58. The molecule has 0 aromatic rings. The van der Waals surface area contributed by atoms with E-state index >= 15 is 0 Å². The zero-order valence-corrected chi connectivity index (χ0v) is 10.4. The van der Waals surface area contributed by atoms with Crippen molar-refractivity contribution in [3.05, 3.63) is 0 Å². The van der Waals surface area contributed by atoms with E-state index in [1.807, 2.05) is 11.8 Å². The largest absolute Gasteiger partial charge is 0.396 e. The van der Waals surface area contributed by atoms with Crippen molar-refractivity contribution in [2.45, 2.75) is 33.1 Å². The van der Waals surface area contributed by atoms with Gasteiger partial charge in [0.2, 0.25) is 0 Å². The van der Waals surface area contributed by atoms with Crippen molar-refractivity contribution < 1.29 is 5.11 Å². The predicted molar refractivity (Wildman–Crippen MR) is 66.0 cm³/mol. The van der Waals surface area contributed by atoms with Crippen LogP contribution in [0.5, 0.6) is 0 Å². The second kappa shape index (κ2) is 11.3.